The molecule has 1 aliphatic heterocycles. The number of pyridine rings is 1. The van der Waals surface area contributed by atoms with Crippen LogP contribution in [0.1, 0.15) is 68.1 Å². The van der Waals surface area contributed by atoms with Crippen molar-refractivity contribution in [2.45, 2.75) is 82.6 Å². The highest BCUT2D eigenvalue weighted by molar-refractivity contribution is 6.01. The van der Waals surface area contributed by atoms with Crippen LogP contribution in [0.5, 0.6) is 0 Å². The third-order valence-corrected chi connectivity index (χ3v) is 7.72. The van der Waals surface area contributed by atoms with Crippen molar-refractivity contribution < 1.29 is 40.9 Å². The first-order valence-corrected chi connectivity index (χ1v) is 13.2. The van der Waals surface area contributed by atoms with Crippen molar-refractivity contribution in [3.63, 3.8) is 0 Å². The molecule has 2 aromatic heterocycles. The summed E-state index contributed by atoms with van der Waals surface area (Å²) >= 11 is 0. The maximum atomic E-state index is 13.9. The Labute approximate surface area is 232 Å². The molecule has 0 spiro atoms. The molecule has 0 radical (unpaired) electrons. The fourth-order valence-electron chi connectivity index (χ4n) is 5.16. The highest BCUT2D eigenvalue weighted by Crippen LogP contribution is 2.38. The molecular formula is C26H31F5N6O4. The number of rotatable bonds is 8. The van der Waals surface area contributed by atoms with Crippen molar-refractivity contribution >= 4 is 23.7 Å². The van der Waals surface area contributed by atoms with E-state index in [2.05, 4.69) is 20.8 Å². The second-order valence-electron chi connectivity index (χ2n) is 10.8. The minimum atomic E-state index is -4.62. The second kappa shape index (κ2) is 11.2. The van der Waals surface area contributed by atoms with Gasteiger partial charge in [-0.2, -0.15) is 13.2 Å². The van der Waals surface area contributed by atoms with E-state index in [4.69, 9.17) is 4.52 Å². The van der Waals surface area contributed by atoms with Crippen LogP contribution >= 0.6 is 0 Å². The quantitative estimate of drug-likeness (QED) is 0.394. The molecule has 4 amide bonds. The van der Waals surface area contributed by atoms with Gasteiger partial charge in [0.1, 0.15) is 29.7 Å². The number of urea groups is 1. The van der Waals surface area contributed by atoms with Crippen molar-refractivity contribution in [2.75, 3.05) is 11.9 Å². The highest BCUT2D eigenvalue weighted by atomic mass is 19.4. The van der Waals surface area contributed by atoms with Crippen LogP contribution in [0.15, 0.2) is 29.1 Å². The van der Waals surface area contributed by atoms with Crippen LogP contribution in [0.25, 0.3) is 0 Å². The molecule has 1 aliphatic carbocycles. The molecule has 3 heterocycles. The Morgan fingerprint density at radius 2 is 1.93 bits per heavy atom. The fraction of sp³-hybridized carbons (Fsp3) is 0.577. The molecule has 1 saturated carbocycles. The Bertz CT molecular complexity index is 1290. The number of amides is 4. The van der Waals surface area contributed by atoms with E-state index in [0.29, 0.717) is 17.7 Å². The molecular weight excluding hydrogens is 555 g/mol. The zero-order chi connectivity index (χ0) is 30.2. The molecule has 41 heavy (non-hydrogen) atoms. The summed E-state index contributed by atoms with van der Waals surface area (Å²) < 4.78 is 72.3. The number of aryl methyl sites for hydroxylation is 1. The number of nitrogens with zero attached hydrogens (tertiary/aromatic N) is 3. The van der Waals surface area contributed by atoms with Crippen molar-refractivity contribution in [2.24, 2.45) is 5.92 Å². The zero-order valence-electron chi connectivity index (χ0n) is 22.6. The van der Waals surface area contributed by atoms with E-state index in [0.717, 1.165) is 11.2 Å². The van der Waals surface area contributed by atoms with Crippen molar-refractivity contribution in [1.29, 1.82) is 0 Å². The molecule has 1 saturated heterocycles. The molecule has 2 fully saturated rings. The molecule has 0 aromatic carbocycles. The van der Waals surface area contributed by atoms with Gasteiger partial charge in [-0.15, -0.1) is 0 Å². The Kier molecular flexibility index (Phi) is 8.28. The van der Waals surface area contributed by atoms with E-state index >= 15 is 0 Å². The van der Waals surface area contributed by atoms with Gasteiger partial charge in [0.15, 0.2) is 0 Å². The SMILES string of the molecule is CCc1nocc1C(=O)N[C@@H](C(=O)Nc1cc(C(C)(C)N2C[C@@H](C(F)(F)F)NC2=O)ccn1)C1CCC(F)(F)CC1. The summed E-state index contributed by atoms with van der Waals surface area (Å²) in [5.74, 6) is -4.81. The lowest BCUT2D eigenvalue weighted by Crippen LogP contribution is -2.50. The van der Waals surface area contributed by atoms with Crippen LogP contribution in [0.2, 0.25) is 0 Å². The predicted octanol–water partition coefficient (Wildman–Crippen LogP) is 4.39. The first-order valence-electron chi connectivity index (χ1n) is 13.2. The lowest BCUT2D eigenvalue weighted by atomic mass is 9.81. The van der Waals surface area contributed by atoms with E-state index in [1.807, 2.05) is 5.32 Å². The van der Waals surface area contributed by atoms with Gasteiger partial charge < -0.3 is 25.4 Å². The van der Waals surface area contributed by atoms with E-state index in [-0.39, 0.29) is 24.2 Å². The van der Waals surface area contributed by atoms with Crippen LogP contribution in [-0.4, -0.2) is 63.6 Å². The minimum Gasteiger partial charge on any atom is -0.364 e. The topological polar surface area (TPSA) is 129 Å². The van der Waals surface area contributed by atoms with Crippen molar-refractivity contribution in [3.8, 4) is 0 Å². The molecule has 224 valence electrons. The predicted molar refractivity (Wildman–Crippen MR) is 135 cm³/mol. The van der Waals surface area contributed by atoms with Gasteiger partial charge in [-0.1, -0.05) is 12.1 Å². The van der Waals surface area contributed by atoms with Gasteiger partial charge >= 0.3 is 12.2 Å². The molecule has 4 rings (SSSR count). The second-order valence-corrected chi connectivity index (χ2v) is 10.8. The molecule has 0 unspecified atom stereocenters. The van der Waals surface area contributed by atoms with Gasteiger partial charge in [0.25, 0.3) is 5.91 Å². The van der Waals surface area contributed by atoms with Crippen LogP contribution in [0.3, 0.4) is 0 Å². The summed E-state index contributed by atoms with van der Waals surface area (Å²) in [5.41, 5.74) is -0.350. The lowest BCUT2D eigenvalue weighted by Gasteiger charge is -2.35. The number of anilines is 1. The Balaban J connectivity index is 1.54. The number of halogens is 5. The summed E-state index contributed by atoms with van der Waals surface area (Å²) in [6.45, 7) is 4.27. The summed E-state index contributed by atoms with van der Waals surface area (Å²) in [7, 11) is 0. The number of carbonyl (C=O) groups is 3. The summed E-state index contributed by atoms with van der Waals surface area (Å²) in [6.07, 6.45) is -2.68. The van der Waals surface area contributed by atoms with Crippen LogP contribution < -0.4 is 16.0 Å². The fourth-order valence-corrected chi connectivity index (χ4v) is 5.16. The molecule has 2 aromatic rings. The van der Waals surface area contributed by atoms with Crippen LogP contribution in [-0.2, 0) is 16.8 Å². The van der Waals surface area contributed by atoms with Gasteiger partial charge in [0.2, 0.25) is 11.8 Å². The van der Waals surface area contributed by atoms with Crippen molar-refractivity contribution in [1.82, 2.24) is 25.7 Å². The Hall–Kier alpha value is -3.78. The minimum absolute atomic E-state index is 0.00663. The Morgan fingerprint density at radius 1 is 1.24 bits per heavy atom. The maximum absolute atomic E-state index is 13.9. The number of aromatic nitrogens is 2. The number of hydrogen-bond acceptors (Lipinski definition) is 6. The average Bonchev–Trinajstić information content (AvgIpc) is 3.54. The first-order chi connectivity index (χ1) is 19.1. The Morgan fingerprint density at radius 3 is 2.54 bits per heavy atom. The standard InChI is InChI=1S/C26H31F5N6O4/c1-4-17-16(13-41-36-17)21(38)35-20(14-5-8-25(27,28)9-6-14)22(39)34-19-11-15(7-10-32-19)24(2,3)37-12-18(26(29,30)31)33-23(37)40/h7,10-11,13-14,18,20H,4-6,8-9,12H2,1-3H3,(H,33,40)(H,35,38)(H,32,34,39)/t18-,20+/m0/s1. The van der Waals surface area contributed by atoms with Crippen LogP contribution in [0.4, 0.5) is 32.6 Å². The van der Waals surface area contributed by atoms with Gasteiger partial charge in [0, 0.05) is 19.0 Å². The molecule has 2 aliphatic rings. The zero-order valence-corrected chi connectivity index (χ0v) is 22.6. The smallest absolute Gasteiger partial charge is 0.364 e. The van der Waals surface area contributed by atoms with E-state index in [1.165, 1.54) is 18.3 Å². The van der Waals surface area contributed by atoms with Gasteiger partial charge in [0.05, 0.1) is 17.8 Å². The number of carbonyl (C=O) groups excluding carboxylic acids is 3. The monoisotopic (exact) mass is 586 g/mol. The molecule has 2 atom stereocenters. The van der Waals surface area contributed by atoms with Gasteiger partial charge in [-0.25, -0.2) is 18.6 Å². The average molecular weight is 587 g/mol. The molecule has 10 nitrogen and oxygen atoms in total. The van der Waals surface area contributed by atoms with Gasteiger partial charge in [-0.3, -0.25) is 9.59 Å². The van der Waals surface area contributed by atoms with E-state index < -0.39 is 72.9 Å². The largest absolute Gasteiger partial charge is 0.410 e. The van der Waals surface area contributed by atoms with Crippen molar-refractivity contribution in [3.05, 3.63) is 41.4 Å². The normalized spacial score (nSPS) is 20.4. The maximum Gasteiger partial charge on any atom is 0.410 e. The summed E-state index contributed by atoms with van der Waals surface area (Å²) in [5, 5.41) is 10.9. The van der Waals surface area contributed by atoms with Crippen LogP contribution in [0, 0.1) is 5.92 Å². The number of alkyl halides is 5. The van der Waals surface area contributed by atoms with E-state index in [1.54, 1.807) is 20.8 Å². The summed E-state index contributed by atoms with van der Waals surface area (Å²) in [4.78, 5) is 44.0. The van der Waals surface area contributed by atoms with Gasteiger partial charge in [-0.05, 0) is 56.7 Å². The third kappa shape index (κ3) is 6.59. The van der Waals surface area contributed by atoms with E-state index in [9.17, 15) is 36.3 Å². The highest BCUT2D eigenvalue weighted by Gasteiger charge is 2.50. The third-order valence-electron chi connectivity index (χ3n) is 7.72. The lowest BCUT2D eigenvalue weighted by molar-refractivity contribution is -0.150. The molecule has 0 bridgehead atoms. The molecule has 15 heteroatoms. The summed E-state index contributed by atoms with van der Waals surface area (Å²) in [6, 6.07) is -1.20. The first kappa shape index (κ1) is 30.2. The number of hydrogen-bond donors (Lipinski definition) is 3. The molecule has 3 N–H and O–H groups in total. The number of nitrogens with one attached hydrogen (secondary N) is 3.